The minimum Gasteiger partial charge on any atom is -0.383 e. The van der Waals surface area contributed by atoms with Gasteiger partial charge in [-0.1, -0.05) is 41.9 Å². The van der Waals surface area contributed by atoms with Crippen molar-refractivity contribution in [3.05, 3.63) is 70.9 Å². The van der Waals surface area contributed by atoms with Crippen molar-refractivity contribution in [1.82, 2.24) is 9.88 Å². The van der Waals surface area contributed by atoms with Crippen LogP contribution in [0.4, 0.5) is 0 Å². The maximum Gasteiger partial charge on any atom is 0.221 e. The number of carbonyl (C=O) groups is 1. The summed E-state index contributed by atoms with van der Waals surface area (Å²) in [4.78, 5) is 12.5. The molecule has 0 fully saturated rings. The Morgan fingerprint density at radius 2 is 1.92 bits per heavy atom. The van der Waals surface area contributed by atoms with Gasteiger partial charge in [-0.25, -0.2) is 0 Å². The molecule has 5 heteroatoms. The van der Waals surface area contributed by atoms with Crippen molar-refractivity contribution < 1.29 is 9.53 Å². The third kappa shape index (κ3) is 4.09. The van der Waals surface area contributed by atoms with Gasteiger partial charge in [0.25, 0.3) is 0 Å². The van der Waals surface area contributed by atoms with E-state index in [9.17, 15) is 4.79 Å². The first kappa shape index (κ1) is 18.5. The van der Waals surface area contributed by atoms with E-state index in [-0.39, 0.29) is 11.8 Å². The number of ether oxygens (including phenoxy) is 1. The van der Waals surface area contributed by atoms with E-state index in [1.54, 1.807) is 7.11 Å². The summed E-state index contributed by atoms with van der Waals surface area (Å²) in [7, 11) is 3.65. The molecule has 0 bridgehead atoms. The molecule has 1 amide bonds. The fourth-order valence-electron chi connectivity index (χ4n) is 3.30. The van der Waals surface area contributed by atoms with Gasteiger partial charge in [0, 0.05) is 55.2 Å². The quantitative estimate of drug-likeness (QED) is 0.636. The number of carbonyl (C=O) groups excluding carboxylic acids is 1. The van der Waals surface area contributed by atoms with Crippen molar-refractivity contribution in [2.75, 3.05) is 20.3 Å². The van der Waals surface area contributed by atoms with Gasteiger partial charge in [-0.15, -0.1) is 0 Å². The second-order valence-electron chi connectivity index (χ2n) is 6.36. The Morgan fingerprint density at radius 1 is 1.19 bits per heavy atom. The van der Waals surface area contributed by atoms with Gasteiger partial charge in [0.1, 0.15) is 0 Å². The second kappa shape index (κ2) is 8.39. The Kier molecular flexibility index (Phi) is 5.96. The van der Waals surface area contributed by atoms with Crippen LogP contribution in [0.2, 0.25) is 5.02 Å². The molecule has 0 aliphatic carbocycles. The maximum absolute atomic E-state index is 12.5. The lowest BCUT2D eigenvalue weighted by Crippen LogP contribution is -2.28. The molecule has 0 spiro atoms. The second-order valence-corrected chi connectivity index (χ2v) is 6.80. The van der Waals surface area contributed by atoms with E-state index in [2.05, 4.69) is 28.2 Å². The third-order valence-electron chi connectivity index (χ3n) is 4.59. The van der Waals surface area contributed by atoms with Crippen molar-refractivity contribution in [2.45, 2.75) is 12.3 Å². The van der Waals surface area contributed by atoms with Crippen LogP contribution >= 0.6 is 11.6 Å². The number of aromatic nitrogens is 1. The average Bonchev–Trinajstić information content (AvgIpc) is 2.98. The van der Waals surface area contributed by atoms with Gasteiger partial charge in [0.05, 0.1) is 6.61 Å². The monoisotopic (exact) mass is 370 g/mol. The lowest BCUT2D eigenvalue weighted by atomic mass is 9.88. The van der Waals surface area contributed by atoms with Gasteiger partial charge in [-0.05, 0) is 29.3 Å². The van der Waals surface area contributed by atoms with Crippen molar-refractivity contribution in [1.29, 1.82) is 0 Å². The summed E-state index contributed by atoms with van der Waals surface area (Å²) in [6.07, 6.45) is 2.49. The fraction of sp³-hybridized carbons (Fsp3) is 0.286. The van der Waals surface area contributed by atoms with E-state index in [1.807, 2.05) is 43.4 Å². The van der Waals surface area contributed by atoms with E-state index in [0.717, 1.165) is 16.6 Å². The Bertz CT molecular complexity index is 887. The van der Waals surface area contributed by atoms with E-state index in [4.69, 9.17) is 16.3 Å². The predicted octanol–water partition coefficient (Wildman–Crippen LogP) is 4.12. The Hall–Kier alpha value is -2.30. The maximum atomic E-state index is 12.5. The molecule has 2 aromatic carbocycles. The highest BCUT2D eigenvalue weighted by molar-refractivity contribution is 6.30. The van der Waals surface area contributed by atoms with Crippen LogP contribution in [0.5, 0.6) is 0 Å². The van der Waals surface area contributed by atoms with Crippen LogP contribution in [-0.2, 0) is 16.6 Å². The number of nitrogens with zero attached hydrogens (tertiary/aromatic N) is 1. The van der Waals surface area contributed by atoms with Crippen molar-refractivity contribution >= 4 is 28.4 Å². The molecule has 0 unspecified atom stereocenters. The number of hydrogen-bond donors (Lipinski definition) is 1. The first-order chi connectivity index (χ1) is 12.6. The topological polar surface area (TPSA) is 43.3 Å². The smallest absolute Gasteiger partial charge is 0.221 e. The first-order valence-corrected chi connectivity index (χ1v) is 9.03. The van der Waals surface area contributed by atoms with Crippen LogP contribution in [0.3, 0.4) is 0 Å². The number of aryl methyl sites for hydroxylation is 1. The first-order valence-electron chi connectivity index (χ1n) is 8.65. The molecular formula is C21H23ClN2O2. The van der Waals surface area contributed by atoms with Crippen LogP contribution in [0.15, 0.2) is 54.7 Å². The number of fused-ring (bicyclic) bond motifs is 1. The van der Waals surface area contributed by atoms with E-state index in [0.29, 0.717) is 24.6 Å². The highest BCUT2D eigenvalue weighted by Crippen LogP contribution is 2.34. The molecule has 3 rings (SSSR count). The van der Waals surface area contributed by atoms with Crippen molar-refractivity contribution in [2.24, 2.45) is 7.05 Å². The van der Waals surface area contributed by atoms with Gasteiger partial charge >= 0.3 is 0 Å². The average molecular weight is 371 g/mol. The lowest BCUT2D eigenvalue weighted by Gasteiger charge is -2.17. The molecule has 0 radical (unpaired) electrons. The lowest BCUT2D eigenvalue weighted by molar-refractivity contribution is -0.121. The molecule has 136 valence electrons. The molecule has 1 aromatic heterocycles. The van der Waals surface area contributed by atoms with Crippen molar-refractivity contribution in [3.63, 3.8) is 0 Å². The van der Waals surface area contributed by atoms with Gasteiger partial charge in [-0.3, -0.25) is 4.79 Å². The van der Waals surface area contributed by atoms with Gasteiger partial charge < -0.3 is 14.6 Å². The highest BCUT2D eigenvalue weighted by Gasteiger charge is 2.22. The normalized spacial score (nSPS) is 12.3. The zero-order chi connectivity index (χ0) is 18.5. The number of nitrogens with one attached hydrogen (secondary N) is 1. The zero-order valence-electron chi connectivity index (χ0n) is 15.0. The SMILES string of the molecule is COCCNC(=O)C[C@H](c1ccc(Cl)cc1)c1cn(C)c2ccccc12. The van der Waals surface area contributed by atoms with Gasteiger partial charge in [0.15, 0.2) is 0 Å². The van der Waals surface area contributed by atoms with Gasteiger partial charge in [-0.2, -0.15) is 0 Å². The molecule has 1 N–H and O–H groups in total. The molecular weight excluding hydrogens is 348 g/mol. The van der Waals surface area contributed by atoms with E-state index >= 15 is 0 Å². The summed E-state index contributed by atoms with van der Waals surface area (Å²) in [5, 5.41) is 4.78. The van der Waals surface area contributed by atoms with Crippen LogP contribution in [0.25, 0.3) is 10.9 Å². The largest absolute Gasteiger partial charge is 0.383 e. The minimum absolute atomic E-state index is 0.00920. The third-order valence-corrected chi connectivity index (χ3v) is 4.85. The molecule has 0 saturated carbocycles. The summed E-state index contributed by atoms with van der Waals surface area (Å²) in [5.41, 5.74) is 3.38. The standard InChI is InChI=1S/C21H23ClN2O2/c1-24-14-19(17-5-3-4-6-20(17)24)18(13-21(25)23-11-12-26-2)15-7-9-16(22)10-8-15/h3-10,14,18H,11-13H2,1-2H3,(H,23,25)/t18-/m1/s1. The van der Waals surface area contributed by atoms with Crippen LogP contribution < -0.4 is 5.32 Å². The summed E-state index contributed by atoms with van der Waals surface area (Å²) < 4.78 is 7.12. The molecule has 0 aliphatic heterocycles. The summed E-state index contributed by atoms with van der Waals surface area (Å²) in [6, 6.07) is 16.0. The molecule has 0 aliphatic rings. The molecule has 0 saturated heterocycles. The Labute approximate surface area is 158 Å². The fourth-order valence-corrected chi connectivity index (χ4v) is 3.43. The number of rotatable bonds is 7. The molecule has 3 aromatic rings. The molecule has 26 heavy (non-hydrogen) atoms. The minimum atomic E-state index is -0.0408. The van der Waals surface area contributed by atoms with E-state index < -0.39 is 0 Å². The zero-order valence-corrected chi connectivity index (χ0v) is 15.8. The van der Waals surface area contributed by atoms with Crippen LogP contribution in [0, 0.1) is 0 Å². The number of benzene rings is 2. The summed E-state index contributed by atoms with van der Waals surface area (Å²) in [6.45, 7) is 1.02. The molecule has 1 atom stereocenters. The number of amides is 1. The Morgan fingerprint density at radius 3 is 2.65 bits per heavy atom. The highest BCUT2D eigenvalue weighted by atomic mass is 35.5. The Balaban J connectivity index is 1.97. The van der Waals surface area contributed by atoms with E-state index in [1.165, 1.54) is 5.39 Å². The van der Waals surface area contributed by atoms with Crippen LogP contribution in [0.1, 0.15) is 23.5 Å². The summed E-state index contributed by atoms with van der Waals surface area (Å²) in [5.74, 6) is -0.0316. The number of para-hydroxylation sites is 1. The predicted molar refractivity (Wildman–Crippen MR) is 106 cm³/mol. The molecule has 1 heterocycles. The molecule has 4 nitrogen and oxygen atoms in total. The van der Waals surface area contributed by atoms with Crippen molar-refractivity contribution in [3.8, 4) is 0 Å². The summed E-state index contributed by atoms with van der Waals surface area (Å²) >= 11 is 6.05. The number of halogens is 1. The van der Waals surface area contributed by atoms with Crippen LogP contribution in [-0.4, -0.2) is 30.7 Å². The number of hydrogen-bond acceptors (Lipinski definition) is 2. The number of methoxy groups -OCH3 is 1. The van der Waals surface area contributed by atoms with Gasteiger partial charge in [0.2, 0.25) is 5.91 Å².